The van der Waals surface area contributed by atoms with Crippen LogP contribution in [0.1, 0.15) is 23.3 Å². The molecule has 0 radical (unpaired) electrons. The number of pyridine rings is 1. The number of amides is 1. The van der Waals surface area contributed by atoms with E-state index in [-0.39, 0.29) is 11.9 Å². The number of hydrogen-bond acceptors (Lipinski definition) is 6. The van der Waals surface area contributed by atoms with E-state index in [1.165, 1.54) is 0 Å². The fourth-order valence-electron chi connectivity index (χ4n) is 3.13. The van der Waals surface area contributed by atoms with Crippen LogP contribution in [0.25, 0.3) is 11.1 Å². The third-order valence-electron chi connectivity index (χ3n) is 4.60. The Morgan fingerprint density at radius 1 is 1.04 bits per heavy atom. The largest absolute Gasteiger partial charge is 0.381 e. The van der Waals surface area contributed by atoms with Crippen LogP contribution in [0.15, 0.2) is 61.1 Å². The van der Waals surface area contributed by atoms with Gasteiger partial charge in [-0.1, -0.05) is 30.3 Å². The molecule has 1 aliphatic heterocycles. The van der Waals surface area contributed by atoms with Crippen molar-refractivity contribution >= 4 is 17.5 Å². The minimum Gasteiger partial charge on any atom is -0.381 e. The fraction of sp³-hybridized carbons (Fsp3) is 0.238. The lowest BCUT2D eigenvalue weighted by Gasteiger charge is -2.23. The Balaban J connectivity index is 1.51. The van der Waals surface area contributed by atoms with Crippen LogP contribution in [-0.2, 0) is 4.74 Å². The summed E-state index contributed by atoms with van der Waals surface area (Å²) >= 11 is 0. The molecule has 1 saturated heterocycles. The van der Waals surface area contributed by atoms with Gasteiger partial charge in [-0.3, -0.25) is 9.78 Å². The summed E-state index contributed by atoms with van der Waals surface area (Å²) in [5.41, 5.74) is 2.84. The van der Waals surface area contributed by atoms with E-state index in [9.17, 15) is 4.79 Å². The topological polar surface area (TPSA) is 89.0 Å². The number of aromatic nitrogens is 3. The zero-order chi connectivity index (χ0) is 19.2. The minimum atomic E-state index is -0.303. The Labute approximate surface area is 163 Å². The second kappa shape index (κ2) is 8.58. The highest BCUT2D eigenvalue weighted by Crippen LogP contribution is 2.27. The molecule has 2 N–H and O–H groups in total. The molecule has 7 nitrogen and oxygen atoms in total. The molecule has 0 aliphatic carbocycles. The quantitative estimate of drug-likeness (QED) is 0.711. The van der Waals surface area contributed by atoms with E-state index in [1.807, 2.05) is 36.4 Å². The Hall–Kier alpha value is -3.32. The summed E-state index contributed by atoms with van der Waals surface area (Å²) in [6.45, 7) is 1.45. The van der Waals surface area contributed by atoms with E-state index in [0.717, 1.165) is 37.2 Å². The van der Waals surface area contributed by atoms with Gasteiger partial charge in [0, 0.05) is 37.2 Å². The van der Waals surface area contributed by atoms with Crippen LogP contribution in [0.4, 0.5) is 11.6 Å². The molecule has 28 heavy (non-hydrogen) atoms. The van der Waals surface area contributed by atoms with Gasteiger partial charge < -0.3 is 15.4 Å². The number of carbonyl (C=O) groups is 1. The van der Waals surface area contributed by atoms with E-state index in [2.05, 4.69) is 25.6 Å². The van der Waals surface area contributed by atoms with Crippen LogP contribution >= 0.6 is 0 Å². The van der Waals surface area contributed by atoms with Gasteiger partial charge in [-0.15, -0.1) is 0 Å². The highest BCUT2D eigenvalue weighted by molar-refractivity contribution is 6.05. The molecule has 4 rings (SSSR count). The number of anilines is 2. The second-order valence-corrected chi connectivity index (χ2v) is 6.54. The maximum absolute atomic E-state index is 12.8. The lowest BCUT2D eigenvalue weighted by atomic mass is 10.1. The van der Waals surface area contributed by atoms with Crippen LogP contribution in [0.3, 0.4) is 0 Å². The van der Waals surface area contributed by atoms with Gasteiger partial charge in [-0.25, -0.2) is 9.97 Å². The first kappa shape index (κ1) is 18.1. The van der Waals surface area contributed by atoms with Crippen molar-refractivity contribution in [3.8, 4) is 11.1 Å². The highest BCUT2D eigenvalue weighted by Gasteiger charge is 2.16. The van der Waals surface area contributed by atoms with Crippen molar-refractivity contribution in [2.45, 2.75) is 18.9 Å². The van der Waals surface area contributed by atoms with Crippen molar-refractivity contribution in [3.05, 3.63) is 66.7 Å². The first-order chi connectivity index (χ1) is 13.8. The Bertz CT molecular complexity index is 942. The maximum atomic E-state index is 12.8. The zero-order valence-electron chi connectivity index (χ0n) is 15.3. The predicted molar refractivity (Wildman–Crippen MR) is 107 cm³/mol. The van der Waals surface area contributed by atoms with Crippen molar-refractivity contribution in [2.24, 2.45) is 0 Å². The average molecular weight is 375 g/mol. The third-order valence-corrected chi connectivity index (χ3v) is 4.60. The lowest BCUT2D eigenvalue weighted by Crippen LogP contribution is -2.29. The molecule has 3 heterocycles. The molecule has 142 valence electrons. The van der Waals surface area contributed by atoms with E-state index < -0.39 is 0 Å². The van der Waals surface area contributed by atoms with Crippen molar-refractivity contribution < 1.29 is 9.53 Å². The monoisotopic (exact) mass is 375 g/mol. The van der Waals surface area contributed by atoms with E-state index in [1.54, 1.807) is 24.7 Å². The molecule has 1 aliphatic rings. The van der Waals surface area contributed by atoms with Crippen molar-refractivity contribution in [1.82, 2.24) is 15.0 Å². The lowest BCUT2D eigenvalue weighted by molar-refractivity contribution is 0.0902. The smallest absolute Gasteiger partial charge is 0.274 e. The third kappa shape index (κ3) is 4.32. The van der Waals surface area contributed by atoms with Crippen LogP contribution in [0.5, 0.6) is 0 Å². The van der Waals surface area contributed by atoms with Gasteiger partial charge in [-0.05, 0) is 30.5 Å². The number of hydrogen-bond donors (Lipinski definition) is 2. The van der Waals surface area contributed by atoms with Gasteiger partial charge >= 0.3 is 0 Å². The first-order valence-corrected chi connectivity index (χ1v) is 9.28. The van der Waals surface area contributed by atoms with E-state index in [4.69, 9.17) is 4.74 Å². The zero-order valence-corrected chi connectivity index (χ0v) is 15.3. The molecule has 3 aromatic rings. The van der Waals surface area contributed by atoms with E-state index >= 15 is 0 Å². The molecular formula is C21H21N5O2. The van der Waals surface area contributed by atoms with Crippen LogP contribution in [0, 0.1) is 0 Å². The molecule has 0 spiro atoms. The molecule has 0 saturated carbocycles. The molecule has 1 fully saturated rings. The Morgan fingerprint density at radius 2 is 1.86 bits per heavy atom. The van der Waals surface area contributed by atoms with Gasteiger partial charge in [-0.2, -0.15) is 0 Å². The molecular weight excluding hydrogens is 354 g/mol. The number of ether oxygens (including phenoxy) is 1. The van der Waals surface area contributed by atoms with Crippen molar-refractivity contribution in [2.75, 3.05) is 23.8 Å². The Kier molecular flexibility index (Phi) is 5.53. The molecule has 1 amide bonds. The molecule has 1 aromatic carbocycles. The maximum Gasteiger partial charge on any atom is 0.274 e. The fourth-order valence-corrected chi connectivity index (χ4v) is 3.13. The molecule has 7 heteroatoms. The number of benzene rings is 1. The van der Waals surface area contributed by atoms with Gasteiger partial charge in [0.15, 0.2) is 0 Å². The summed E-state index contributed by atoms with van der Waals surface area (Å²) in [6.07, 6.45) is 6.73. The SMILES string of the molecule is O=C(Nc1cnccc1-c1ccccc1)c1ccnc(NC2CCOCC2)n1. The number of nitrogens with one attached hydrogen (secondary N) is 2. The minimum absolute atomic E-state index is 0.259. The summed E-state index contributed by atoms with van der Waals surface area (Å²) < 4.78 is 5.36. The number of nitrogens with zero attached hydrogens (tertiary/aromatic N) is 3. The molecule has 2 aromatic heterocycles. The number of carbonyl (C=O) groups excluding carboxylic acids is 1. The summed E-state index contributed by atoms with van der Waals surface area (Å²) in [6, 6.07) is 13.6. The Morgan fingerprint density at radius 3 is 2.68 bits per heavy atom. The normalized spacial score (nSPS) is 14.4. The average Bonchev–Trinajstić information content (AvgIpc) is 2.76. The van der Waals surface area contributed by atoms with Gasteiger partial charge in [0.25, 0.3) is 5.91 Å². The van der Waals surface area contributed by atoms with Crippen molar-refractivity contribution in [3.63, 3.8) is 0 Å². The number of rotatable bonds is 5. The second-order valence-electron chi connectivity index (χ2n) is 6.54. The summed E-state index contributed by atoms with van der Waals surface area (Å²) in [5.74, 6) is 0.150. The van der Waals surface area contributed by atoms with Crippen LogP contribution < -0.4 is 10.6 Å². The van der Waals surface area contributed by atoms with E-state index in [0.29, 0.717) is 17.3 Å². The summed E-state index contributed by atoms with van der Waals surface area (Å²) in [5, 5.41) is 6.20. The highest BCUT2D eigenvalue weighted by atomic mass is 16.5. The summed E-state index contributed by atoms with van der Waals surface area (Å²) in [4.78, 5) is 25.5. The molecule has 0 unspecified atom stereocenters. The van der Waals surface area contributed by atoms with Crippen LogP contribution in [0.2, 0.25) is 0 Å². The standard InChI is InChI=1S/C21H21N5O2/c27-20(18-7-11-23-21(26-18)24-16-8-12-28-13-9-16)25-19-14-22-10-6-17(19)15-4-2-1-3-5-15/h1-7,10-11,14,16H,8-9,12-13H2,(H,25,27)(H,23,24,26). The van der Waals surface area contributed by atoms with Gasteiger partial charge in [0.1, 0.15) is 5.69 Å². The first-order valence-electron chi connectivity index (χ1n) is 9.28. The van der Waals surface area contributed by atoms with Gasteiger partial charge in [0.2, 0.25) is 5.95 Å². The van der Waals surface area contributed by atoms with Crippen molar-refractivity contribution in [1.29, 1.82) is 0 Å². The van der Waals surface area contributed by atoms with Gasteiger partial charge in [0.05, 0.1) is 11.9 Å². The molecule has 0 atom stereocenters. The van der Waals surface area contributed by atoms with Crippen LogP contribution in [-0.4, -0.2) is 40.1 Å². The summed E-state index contributed by atoms with van der Waals surface area (Å²) in [7, 11) is 0. The molecule has 0 bridgehead atoms. The predicted octanol–water partition coefficient (Wildman–Crippen LogP) is 3.38.